The molecule has 0 aliphatic carbocycles. The molecule has 0 fully saturated rings. The van der Waals surface area contributed by atoms with Gasteiger partial charge in [-0.2, -0.15) is 0 Å². The number of rotatable bonds is 3. The lowest BCUT2D eigenvalue weighted by Crippen LogP contribution is -2.27. The lowest BCUT2D eigenvalue weighted by molar-refractivity contribution is 0.0949. The zero-order valence-corrected chi connectivity index (χ0v) is 9.00. The number of amides is 1. The molecule has 0 radical (unpaired) electrons. The third-order valence-corrected chi connectivity index (χ3v) is 1.95. The van der Waals surface area contributed by atoms with Gasteiger partial charge in [0.2, 0.25) is 0 Å². The average Bonchev–Trinajstić information content (AvgIpc) is 2.14. The minimum absolute atomic E-state index is 0.0161. The van der Waals surface area contributed by atoms with Crippen LogP contribution in [0.4, 0.5) is 0 Å². The van der Waals surface area contributed by atoms with Crippen LogP contribution in [-0.4, -0.2) is 12.5 Å². The highest BCUT2D eigenvalue weighted by molar-refractivity contribution is 5.94. The minimum Gasteiger partial charge on any atom is -0.352 e. The van der Waals surface area contributed by atoms with E-state index < -0.39 is 0 Å². The lowest BCUT2D eigenvalue weighted by atomic mass is 10.1. The molecule has 0 saturated carbocycles. The van der Waals surface area contributed by atoms with Crippen molar-refractivity contribution < 1.29 is 4.79 Å². The van der Waals surface area contributed by atoms with E-state index in [0.29, 0.717) is 5.92 Å². The van der Waals surface area contributed by atoms with Crippen molar-refractivity contribution in [1.82, 2.24) is 5.32 Å². The van der Waals surface area contributed by atoms with Crippen molar-refractivity contribution in [2.24, 2.45) is 5.92 Å². The molecule has 1 rings (SSSR count). The normalized spacial score (nSPS) is 10.3. The van der Waals surface area contributed by atoms with Crippen molar-refractivity contribution >= 4 is 5.91 Å². The first kappa shape index (κ1) is 10.8. The van der Waals surface area contributed by atoms with Gasteiger partial charge in [-0.15, -0.1) is 0 Å². The van der Waals surface area contributed by atoms with E-state index in [0.717, 1.165) is 17.7 Å². The molecule has 1 N–H and O–H groups in total. The molecule has 0 heterocycles. The largest absolute Gasteiger partial charge is 0.352 e. The minimum atomic E-state index is 0.0161. The predicted molar refractivity (Wildman–Crippen MR) is 58.4 cm³/mol. The number of carbonyl (C=O) groups is 1. The van der Waals surface area contributed by atoms with Crippen molar-refractivity contribution in [3.63, 3.8) is 0 Å². The Hall–Kier alpha value is -1.31. The summed E-state index contributed by atoms with van der Waals surface area (Å²) in [5.41, 5.74) is 1.85. The summed E-state index contributed by atoms with van der Waals surface area (Å²) in [5, 5.41) is 2.89. The van der Waals surface area contributed by atoms with Crippen molar-refractivity contribution in [1.29, 1.82) is 0 Å². The van der Waals surface area contributed by atoms with Gasteiger partial charge in [0.05, 0.1) is 0 Å². The molecule has 0 aliphatic rings. The van der Waals surface area contributed by atoms with Crippen molar-refractivity contribution in [3.8, 4) is 0 Å². The number of benzene rings is 1. The van der Waals surface area contributed by atoms with Crippen LogP contribution in [0.15, 0.2) is 24.3 Å². The van der Waals surface area contributed by atoms with Gasteiger partial charge < -0.3 is 5.32 Å². The number of hydrogen-bond donors (Lipinski definition) is 1. The molecule has 0 spiro atoms. The van der Waals surface area contributed by atoms with Crippen LogP contribution in [-0.2, 0) is 0 Å². The van der Waals surface area contributed by atoms with Crippen molar-refractivity contribution in [2.45, 2.75) is 20.8 Å². The van der Waals surface area contributed by atoms with E-state index in [1.54, 1.807) is 0 Å². The molecule has 1 aromatic rings. The number of carbonyl (C=O) groups excluding carboxylic acids is 1. The molecule has 2 nitrogen and oxygen atoms in total. The van der Waals surface area contributed by atoms with Gasteiger partial charge in [0.15, 0.2) is 0 Å². The Labute approximate surface area is 85.3 Å². The molecular weight excluding hydrogens is 174 g/mol. The lowest BCUT2D eigenvalue weighted by Gasteiger charge is -2.07. The predicted octanol–water partition coefficient (Wildman–Crippen LogP) is 2.38. The molecular formula is C12H17NO. The highest BCUT2D eigenvalue weighted by Crippen LogP contribution is 2.03. The van der Waals surface area contributed by atoms with Crippen molar-refractivity contribution in [2.75, 3.05) is 6.54 Å². The van der Waals surface area contributed by atoms with E-state index >= 15 is 0 Å². The van der Waals surface area contributed by atoms with Crippen LogP contribution in [0.25, 0.3) is 0 Å². The molecule has 0 aromatic heterocycles. The van der Waals surface area contributed by atoms with Crippen LogP contribution >= 0.6 is 0 Å². The summed E-state index contributed by atoms with van der Waals surface area (Å²) < 4.78 is 0. The SMILES string of the molecule is Cc1cccc(C(=O)NCC(C)C)c1. The van der Waals surface area contributed by atoms with Gasteiger partial charge in [-0.05, 0) is 25.0 Å². The van der Waals surface area contributed by atoms with E-state index in [1.807, 2.05) is 31.2 Å². The Bertz CT molecular complexity index is 318. The summed E-state index contributed by atoms with van der Waals surface area (Å²) in [6.45, 7) is 6.87. The summed E-state index contributed by atoms with van der Waals surface area (Å²) in [6.07, 6.45) is 0. The number of hydrogen-bond acceptors (Lipinski definition) is 1. The fourth-order valence-electron chi connectivity index (χ4n) is 1.19. The first-order valence-electron chi connectivity index (χ1n) is 4.94. The maximum Gasteiger partial charge on any atom is 0.251 e. The Morgan fingerprint density at radius 2 is 2.14 bits per heavy atom. The topological polar surface area (TPSA) is 29.1 Å². The second-order valence-electron chi connectivity index (χ2n) is 3.97. The molecule has 0 aliphatic heterocycles. The molecule has 14 heavy (non-hydrogen) atoms. The van der Waals surface area contributed by atoms with Gasteiger partial charge >= 0.3 is 0 Å². The molecule has 2 heteroatoms. The highest BCUT2D eigenvalue weighted by Gasteiger charge is 2.04. The summed E-state index contributed by atoms with van der Waals surface area (Å²) in [6, 6.07) is 7.62. The zero-order valence-electron chi connectivity index (χ0n) is 9.00. The maximum atomic E-state index is 11.6. The van der Waals surface area contributed by atoms with E-state index in [-0.39, 0.29) is 5.91 Å². The summed E-state index contributed by atoms with van der Waals surface area (Å²) in [5.74, 6) is 0.506. The number of nitrogens with one attached hydrogen (secondary N) is 1. The molecule has 76 valence electrons. The van der Waals surface area contributed by atoms with E-state index in [1.165, 1.54) is 0 Å². The summed E-state index contributed by atoms with van der Waals surface area (Å²) in [4.78, 5) is 11.6. The molecule has 0 unspecified atom stereocenters. The second-order valence-corrected chi connectivity index (χ2v) is 3.97. The highest BCUT2D eigenvalue weighted by atomic mass is 16.1. The van der Waals surface area contributed by atoms with Crippen LogP contribution in [0.1, 0.15) is 29.8 Å². The average molecular weight is 191 g/mol. The van der Waals surface area contributed by atoms with Gasteiger partial charge in [0.25, 0.3) is 5.91 Å². The molecule has 0 bridgehead atoms. The van der Waals surface area contributed by atoms with E-state index in [2.05, 4.69) is 19.2 Å². The first-order valence-corrected chi connectivity index (χ1v) is 4.94. The number of aryl methyl sites for hydroxylation is 1. The standard InChI is InChI=1S/C12H17NO/c1-9(2)8-13-12(14)11-6-4-5-10(3)7-11/h4-7,9H,8H2,1-3H3,(H,13,14). The molecule has 0 saturated heterocycles. The van der Waals surface area contributed by atoms with Crippen LogP contribution in [0.5, 0.6) is 0 Å². The summed E-state index contributed by atoms with van der Waals surface area (Å²) >= 11 is 0. The Morgan fingerprint density at radius 1 is 1.43 bits per heavy atom. The Kier molecular flexibility index (Phi) is 3.69. The quantitative estimate of drug-likeness (QED) is 0.780. The Morgan fingerprint density at radius 3 is 2.71 bits per heavy atom. The van der Waals surface area contributed by atoms with Gasteiger partial charge in [0.1, 0.15) is 0 Å². The Balaban J connectivity index is 2.61. The van der Waals surface area contributed by atoms with Crippen LogP contribution in [0, 0.1) is 12.8 Å². The summed E-state index contributed by atoms with van der Waals surface area (Å²) in [7, 11) is 0. The zero-order chi connectivity index (χ0) is 10.6. The van der Waals surface area contributed by atoms with Gasteiger partial charge in [-0.25, -0.2) is 0 Å². The van der Waals surface area contributed by atoms with Gasteiger partial charge in [-0.1, -0.05) is 31.5 Å². The van der Waals surface area contributed by atoms with Crippen LogP contribution in [0.3, 0.4) is 0 Å². The van der Waals surface area contributed by atoms with Crippen LogP contribution in [0.2, 0.25) is 0 Å². The third-order valence-electron chi connectivity index (χ3n) is 1.95. The molecule has 1 amide bonds. The van der Waals surface area contributed by atoms with E-state index in [4.69, 9.17) is 0 Å². The smallest absolute Gasteiger partial charge is 0.251 e. The molecule has 1 aromatic carbocycles. The van der Waals surface area contributed by atoms with Gasteiger partial charge in [-0.3, -0.25) is 4.79 Å². The van der Waals surface area contributed by atoms with Crippen LogP contribution < -0.4 is 5.32 Å². The van der Waals surface area contributed by atoms with Gasteiger partial charge in [0, 0.05) is 12.1 Å². The fourth-order valence-corrected chi connectivity index (χ4v) is 1.19. The second kappa shape index (κ2) is 4.80. The maximum absolute atomic E-state index is 11.6. The third kappa shape index (κ3) is 3.21. The molecule has 0 atom stereocenters. The van der Waals surface area contributed by atoms with Crippen molar-refractivity contribution in [3.05, 3.63) is 35.4 Å². The monoisotopic (exact) mass is 191 g/mol. The fraction of sp³-hybridized carbons (Fsp3) is 0.417. The van der Waals surface area contributed by atoms with E-state index in [9.17, 15) is 4.79 Å². The first-order chi connectivity index (χ1) is 6.59.